The number of nitrogens with zero attached hydrogens (tertiary/aromatic N) is 2. The SMILES string of the molecule is CCOc1cc(C(=O)CCC(=O)N/N=C(\C)c2csc3ccccc23)ccc1N(CC)CC. The average Bonchev–Trinajstić information content (AvgIpc) is 3.27. The Morgan fingerprint density at radius 2 is 1.82 bits per heavy atom. The van der Waals surface area contributed by atoms with Crippen molar-refractivity contribution in [2.24, 2.45) is 5.10 Å². The van der Waals surface area contributed by atoms with Gasteiger partial charge in [0.25, 0.3) is 0 Å². The number of hydrazone groups is 1. The van der Waals surface area contributed by atoms with Crippen molar-refractivity contribution in [3.05, 3.63) is 59.0 Å². The number of carbonyl (C=O) groups excluding carboxylic acids is 2. The Balaban J connectivity index is 1.61. The summed E-state index contributed by atoms with van der Waals surface area (Å²) in [6.07, 6.45) is 0.180. The Morgan fingerprint density at radius 1 is 1.06 bits per heavy atom. The van der Waals surface area contributed by atoms with E-state index in [0.29, 0.717) is 17.9 Å². The maximum Gasteiger partial charge on any atom is 0.240 e. The molecule has 1 amide bonds. The molecule has 0 aliphatic carbocycles. The van der Waals surface area contributed by atoms with Gasteiger partial charge in [0.2, 0.25) is 5.91 Å². The average molecular weight is 466 g/mol. The number of amides is 1. The van der Waals surface area contributed by atoms with E-state index in [1.54, 1.807) is 23.5 Å². The van der Waals surface area contributed by atoms with E-state index in [1.807, 2.05) is 43.5 Å². The predicted octanol–water partition coefficient (Wildman–Crippen LogP) is 5.65. The first-order valence-corrected chi connectivity index (χ1v) is 12.2. The number of hydrogen-bond donors (Lipinski definition) is 1. The molecule has 7 heteroatoms. The lowest BCUT2D eigenvalue weighted by atomic mass is 10.0. The fourth-order valence-electron chi connectivity index (χ4n) is 3.68. The fourth-order valence-corrected chi connectivity index (χ4v) is 4.68. The largest absolute Gasteiger partial charge is 0.492 e. The number of Topliss-reactive ketones (excluding diaryl/α,β-unsaturated/α-hetero) is 1. The van der Waals surface area contributed by atoms with E-state index >= 15 is 0 Å². The highest BCUT2D eigenvalue weighted by Crippen LogP contribution is 2.30. The second-order valence-electron chi connectivity index (χ2n) is 7.59. The summed E-state index contributed by atoms with van der Waals surface area (Å²) in [5.74, 6) is 0.313. The van der Waals surface area contributed by atoms with Crippen LogP contribution in [0.5, 0.6) is 5.75 Å². The molecule has 3 rings (SSSR count). The number of fused-ring (bicyclic) bond motifs is 1. The molecule has 0 unspecified atom stereocenters. The second kappa shape index (κ2) is 11.6. The fraction of sp³-hybridized carbons (Fsp3) is 0.346. The minimum atomic E-state index is -0.285. The van der Waals surface area contributed by atoms with Crippen LogP contribution in [0.2, 0.25) is 0 Å². The molecule has 174 valence electrons. The molecule has 0 atom stereocenters. The van der Waals surface area contributed by atoms with E-state index in [0.717, 1.165) is 35.4 Å². The third-order valence-electron chi connectivity index (χ3n) is 5.48. The molecule has 0 bridgehead atoms. The van der Waals surface area contributed by atoms with Crippen LogP contribution in [-0.2, 0) is 4.79 Å². The van der Waals surface area contributed by atoms with Gasteiger partial charge in [-0.3, -0.25) is 9.59 Å². The number of ether oxygens (including phenoxy) is 1. The number of benzene rings is 2. The number of ketones is 1. The third-order valence-corrected chi connectivity index (χ3v) is 6.45. The van der Waals surface area contributed by atoms with E-state index < -0.39 is 0 Å². The topological polar surface area (TPSA) is 71.0 Å². The van der Waals surface area contributed by atoms with Crippen molar-refractivity contribution >= 4 is 44.5 Å². The van der Waals surface area contributed by atoms with Crippen molar-refractivity contribution in [3.8, 4) is 5.75 Å². The van der Waals surface area contributed by atoms with Crippen LogP contribution in [0.1, 0.15) is 56.5 Å². The number of hydrogen-bond acceptors (Lipinski definition) is 6. The number of carbonyl (C=O) groups is 2. The molecule has 0 saturated carbocycles. The van der Waals surface area contributed by atoms with Crippen LogP contribution >= 0.6 is 11.3 Å². The van der Waals surface area contributed by atoms with Gasteiger partial charge in [0.05, 0.1) is 18.0 Å². The Kier molecular flexibility index (Phi) is 8.60. The van der Waals surface area contributed by atoms with Gasteiger partial charge in [-0.1, -0.05) is 18.2 Å². The summed E-state index contributed by atoms with van der Waals surface area (Å²) < 4.78 is 6.96. The van der Waals surface area contributed by atoms with Gasteiger partial charge >= 0.3 is 0 Å². The maximum atomic E-state index is 12.7. The van der Waals surface area contributed by atoms with Gasteiger partial charge in [-0.25, -0.2) is 5.43 Å². The van der Waals surface area contributed by atoms with Gasteiger partial charge in [0.1, 0.15) is 5.75 Å². The minimum Gasteiger partial charge on any atom is -0.492 e. The predicted molar refractivity (Wildman–Crippen MR) is 137 cm³/mol. The van der Waals surface area contributed by atoms with Crippen molar-refractivity contribution in [1.29, 1.82) is 0 Å². The first kappa shape index (κ1) is 24.5. The molecule has 3 aromatic rings. The monoisotopic (exact) mass is 465 g/mol. The highest BCUT2D eigenvalue weighted by Gasteiger charge is 2.15. The van der Waals surface area contributed by atoms with E-state index in [1.165, 1.54) is 4.70 Å². The Labute approximate surface area is 199 Å². The molecule has 1 aromatic heterocycles. The van der Waals surface area contributed by atoms with Gasteiger partial charge in [-0.2, -0.15) is 5.10 Å². The van der Waals surface area contributed by atoms with Crippen LogP contribution in [0.15, 0.2) is 52.9 Å². The van der Waals surface area contributed by atoms with Crippen LogP contribution in [0, 0.1) is 0 Å². The van der Waals surface area contributed by atoms with E-state index in [9.17, 15) is 9.59 Å². The molecule has 0 aliphatic rings. The van der Waals surface area contributed by atoms with E-state index in [-0.39, 0.29) is 24.5 Å². The maximum absolute atomic E-state index is 12.7. The molecule has 33 heavy (non-hydrogen) atoms. The smallest absolute Gasteiger partial charge is 0.240 e. The Bertz CT molecular complexity index is 1150. The van der Waals surface area contributed by atoms with E-state index in [4.69, 9.17) is 4.74 Å². The third kappa shape index (κ3) is 5.99. The van der Waals surface area contributed by atoms with Gasteiger partial charge in [0.15, 0.2) is 5.78 Å². The van der Waals surface area contributed by atoms with Gasteiger partial charge in [-0.05, 0) is 52.0 Å². The summed E-state index contributed by atoms with van der Waals surface area (Å²) in [7, 11) is 0. The standard InChI is InChI=1S/C26H31N3O3S/c1-5-29(6-2)22-13-12-19(16-24(22)32-7-3)23(30)14-15-26(31)28-27-18(4)21-17-33-25-11-9-8-10-20(21)25/h8-13,16-17H,5-7,14-15H2,1-4H3,(H,28,31)/b27-18+. The zero-order chi connectivity index (χ0) is 23.8. The molecule has 1 N–H and O–H groups in total. The molecule has 0 radical (unpaired) electrons. The molecule has 0 saturated heterocycles. The van der Waals surface area contributed by atoms with E-state index in [2.05, 4.69) is 35.3 Å². The second-order valence-corrected chi connectivity index (χ2v) is 8.50. The highest BCUT2D eigenvalue weighted by molar-refractivity contribution is 7.17. The zero-order valence-corrected chi connectivity index (χ0v) is 20.5. The first-order chi connectivity index (χ1) is 16.0. The van der Waals surface area contributed by atoms with Crippen molar-refractivity contribution in [3.63, 3.8) is 0 Å². The van der Waals surface area contributed by atoms with Crippen molar-refractivity contribution in [2.75, 3.05) is 24.6 Å². The van der Waals surface area contributed by atoms with Crippen LogP contribution in [-0.4, -0.2) is 37.1 Å². The lowest BCUT2D eigenvalue weighted by molar-refractivity contribution is -0.121. The molecule has 2 aromatic carbocycles. The number of thiophene rings is 1. The lowest BCUT2D eigenvalue weighted by Crippen LogP contribution is -2.23. The molecular weight excluding hydrogens is 434 g/mol. The molecule has 0 fully saturated rings. The summed E-state index contributed by atoms with van der Waals surface area (Å²) in [6.45, 7) is 10.2. The van der Waals surface area contributed by atoms with Gasteiger partial charge in [0, 0.05) is 52.5 Å². The molecule has 6 nitrogen and oxygen atoms in total. The van der Waals surface area contributed by atoms with Crippen LogP contribution < -0.4 is 15.1 Å². The quantitative estimate of drug-likeness (QED) is 0.226. The van der Waals surface area contributed by atoms with Crippen molar-refractivity contribution in [2.45, 2.75) is 40.5 Å². The summed E-state index contributed by atoms with van der Waals surface area (Å²) >= 11 is 1.65. The number of nitrogens with one attached hydrogen (secondary N) is 1. The van der Waals surface area contributed by atoms with Crippen LogP contribution in [0.3, 0.4) is 0 Å². The summed E-state index contributed by atoms with van der Waals surface area (Å²) in [6, 6.07) is 13.6. The van der Waals surface area contributed by atoms with Crippen LogP contribution in [0.25, 0.3) is 10.1 Å². The molecule has 0 spiro atoms. The first-order valence-electron chi connectivity index (χ1n) is 11.3. The van der Waals surface area contributed by atoms with Crippen molar-refractivity contribution in [1.82, 2.24) is 5.43 Å². The van der Waals surface area contributed by atoms with Gasteiger partial charge in [-0.15, -0.1) is 11.3 Å². The Hall–Kier alpha value is -3.19. The zero-order valence-electron chi connectivity index (χ0n) is 19.7. The minimum absolute atomic E-state index is 0.0712. The number of anilines is 1. The summed E-state index contributed by atoms with van der Waals surface area (Å²) in [5, 5.41) is 7.40. The lowest BCUT2D eigenvalue weighted by Gasteiger charge is -2.24. The van der Waals surface area contributed by atoms with Crippen molar-refractivity contribution < 1.29 is 14.3 Å². The summed E-state index contributed by atoms with van der Waals surface area (Å²) in [4.78, 5) is 27.2. The molecular formula is C26H31N3O3S. The normalized spacial score (nSPS) is 11.5. The molecule has 1 heterocycles. The van der Waals surface area contributed by atoms with Gasteiger partial charge < -0.3 is 9.64 Å². The Morgan fingerprint density at radius 3 is 2.55 bits per heavy atom. The summed E-state index contributed by atoms with van der Waals surface area (Å²) in [5.41, 5.74) is 5.84. The highest BCUT2D eigenvalue weighted by atomic mass is 32.1. The van der Waals surface area contributed by atoms with Crippen LogP contribution in [0.4, 0.5) is 5.69 Å². The number of rotatable bonds is 11. The molecule has 0 aliphatic heterocycles.